The number of fused-ring (bicyclic) bond motifs is 6. The molecule has 220 valence electrons. The summed E-state index contributed by atoms with van der Waals surface area (Å²) >= 11 is 0. The van der Waals surface area contributed by atoms with E-state index in [0.717, 1.165) is 44.4 Å². The van der Waals surface area contributed by atoms with Gasteiger partial charge in [0.05, 0.1) is 5.41 Å². The standard InChI is InChI=1S/C44H33NO/c1-3-5-14-30(4-2)31-21-25-42-38(27-31)39-29-35(23-26-43(39)46-42)45-34-22-24-41-37(28-34)36-19-12-13-20-40(36)44(41,32-15-8-6-9-16-32)33-17-10-7-11-18-33/h3-29,45H,2H2,1H3/b5-3-,30-14+. The molecule has 6 aromatic carbocycles. The van der Waals surface area contributed by atoms with Crippen LogP contribution in [-0.2, 0) is 5.41 Å². The van der Waals surface area contributed by atoms with E-state index in [1.54, 1.807) is 0 Å². The maximum absolute atomic E-state index is 6.23. The molecule has 2 nitrogen and oxygen atoms in total. The summed E-state index contributed by atoms with van der Waals surface area (Å²) in [6.07, 6.45) is 8.04. The van der Waals surface area contributed by atoms with Crippen LogP contribution in [0.25, 0.3) is 38.6 Å². The molecular formula is C44H33NO. The Morgan fingerprint density at radius 3 is 1.96 bits per heavy atom. The van der Waals surface area contributed by atoms with Gasteiger partial charge in [0.1, 0.15) is 11.2 Å². The molecule has 0 radical (unpaired) electrons. The minimum absolute atomic E-state index is 0.398. The Kier molecular flexibility index (Phi) is 6.77. The van der Waals surface area contributed by atoms with Gasteiger partial charge in [-0.3, -0.25) is 0 Å². The first-order chi connectivity index (χ1) is 22.7. The summed E-state index contributed by atoms with van der Waals surface area (Å²) in [6, 6.07) is 50.2. The van der Waals surface area contributed by atoms with Gasteiger partial charge in [-0.1, -0.05) is 128 Å². The molecule has 0 fully saturated rings. The lowest BCUT2D eigenvalue weighted by atomic mass is 9.68. The van der Waals surface area contributed by atoms with E-state index in [1.807, 2.05) is 25.2 Å². The lowest BCUT2D eigenvalue weighted by Crippen LogP contribution is -2.28. The normalized spacial score (nSPS) is 13.6. The third-order valence-corrected chi connectivity index (χ3v) is 9.24. The lowest BCUT2D eigenvalue weighted by molar-refractivity contribution is 0.669. The van der Waals surface area contributed by atoms with Crippen LogP contribution < -0.4 is 5.32 Å². The van der Waals surface area contributed by atoms with Crippen LogP contribution >= 0.6 is 0 Å². The summed E-state index contributed by atoms with van der Waals surface area (Å²) in [5, 5.41) is 5.88. The number of allylic oxidation sites excluding steroid dienone is 5. The quantitative estimate of drug-likeness (QED) is 0.187. The van der Waals surface area contributed by atoms with E-state index in [9.17, 15) is 0 Å². The highest BCUT2D eigenvalue weighted by Gasteiger charge is 2.45. The number of rotatable bonds is 7. The zero-order chi connectivity index (χ0) is 31.1. The molecule has 1 aliphatic rings. The molecule has 1 N–H and O–H groups in total. The van der Waals surface area contributed by atoms with Crippen LogP contribution in [-0.4, -0.2) is 0 Å². The topological polar surface area (TPSA) is 25.2 Å². The van der Waals surface area contributed by atoms with Gasteiger partial charge in [0.25, 0.3) is 0 Å². The van der Waals surface area contributed by atoms with Crippen LogP contribution in [0.15, 0.2) is 175 Å². The second-order valence-electron chi connectivity index (χ2n) is 11.8. The third-order valence-electron chi connectivity index (χ3n) is 9.24. The van der Waals surface area contributed by atoms with Crippen molar-refractivity contribution in [1.29, 1.82) is 0 Å². The van der Waals surface area contributed by atoms with E-state index in [0.29, 0.717) is 0 Å². The first kappa shape index (κ1) is 27.7. The number of hydrogen-bond donors (Lipinski definition) is 1. The molecule has 0 saturated carbocycles. The van der Waals surface area contributed by atoms with Gasteiger partial charge < -0.3 is 9.73 Å². The van der Waals surface area contributed by atoms with Gasteiger partial charge in [-0.15, -0.1) is 0 Å². The van der Waals surface area contributed by atoms with Crippen LogP contribution in [0, 0.1) is 0 Å². The Morgan fingerprint density at radius 1 is 0.630 bits per heavy atom. The van der Waals surface area contributed by atoms with E-state index in [2.05, 4.69) is 157 Å². The summed E-state index contributed by atoms with van der Waals surface area (Å²) in [5.74, 6) is 0. The molecule has 1 aliphatic carbocycles. The van der Waals surface area contributed by atoms with Gasteiger partial charge in [-0.05, 0) is 93.9 Å². The molecule has 0 bridgehead atoms. The van der Waals surface area contributed by atoms with Gasteiger partial charge in [-0.25, -0.2) is 0 Å². The number of hydrogen-bond acceptors (Lipinski definition) is 2. The molecule has 0 spiro atoms. The first-order valence-electron chi connectivity index (χ1n) is 15.8. The average molecular weight is 592 g/mol. The van der Waals surface area contributed by atoms with E-state index in [4.69, 9.17) is 4.42 Å². The molecule has 0 amide bonds. The van der Waals surface area contributed by atoms with Crippen LogP contribution in [0.4, 0.5) is 11.4 Å². The fourth-order valence-electron chi connectivity index (χ4n) is 7.21. The average Bonchev–Trinajstić information content (AvgIpc) is 3.62. The molecule has 0 atom stereocenters. The molecule has 2 heteroatoms. The van der Waals surface area contributed by atoms with Crippen LogP contribution in [0.3, 0.4) is 0 Å². The Hall–Kier alpha value is -5.86. The molecule has 0 aliphatic heterocycles. The molecule has 7 aromatic rings. The van der Waals surface area contributed by atoms with Gasteiger partial charge in [-0.2, -0.15) is 0 Å². The summed E-state index contributed by atoms with van der Waals surface area (Å²) in [6.45, 7) is 6.04. The minimum atomic E-state index is -0.398. The van der Waals surface area contributed by atoms with Crippen molar-refractivity contribution in [2.24, 2.45) is 0 Å². The molecule has 46 heavy (non-hydrogen) atoms. The van der Waals surface area contributed by atoms with Crippen LogP contribution in [0.1, 0.15) is 34.7 Å². The summed E-state index contributed by atoms with van der Waals surface area (Å²) in [7, 11) is 0. The van der Waals surface area contributed by atoms with Gasteiger partial charge >= 0.3 is 0 Å². The Bertz CT molecular complexity index is 2260. The SMILES string of the molecule is C=C/C(=C\C=C/C)c1ccc2oc3ccc(Nc4ccc5c(c4)-c4ccccc4C5(c4ccccc4)c4ccccc4)cc3c2c1. The van der Waals surface area contributed by atoms with Crippen molar-refractivity contribution in [3.05, 3.63) is 198 Å². The van der Waals surface area contributed by atoms with E-state index in [-0.39, 0.29) is 0 Å². The van der Waals surface area contributed by atoms with Crippen molar-refractivity contribution in [2.45, 2.75) is 12.3 Å². The summed E-state index contributed by atoms with van der Waals surface area (Å²) in [4.78, 5) is 0. The molecule has 1 heterocycles. The summed E-state index contributed by atoms with van der Waals surface area (Å²) < 4.78 is 6.23. The predicted molar refractivity (Wildman–Crippen MR) is 194 cm³/mol. The van der Waals surface area contributed by atoms with Crippen molar-refractivity contribution in [3.8, 4) is 11.1 Å². The molecule has 0 unspecified atom stereocenters. The van der Waals surface area contributed by atoms with E-state index < -0.39 is 5.41 Å². The molecular weight excluding hydrogens is 558 g/mol. The van der Waals surface area contributed by atoms with Crippen molar-refractivity contribution in [1.82, 2.24) is 0 Å². The van der Waals surface area contributed by atoms with Gasteiger partial charge in [0.15, 0.2) is 0 Å². The zero-order valence-corrected chi connectivity index (χ0v) is 25.7. The fourth-order valence-corrected chi connectivity index (χ4v) is 7.21. The van der Waals surface area contributed by atoms with E-state index in [1.165, 1.54) is 33.4 Å². The maximum atomic E-state index is 6.23. The van der Waals surface area contributed by atoms with Crippen molar-refractivity contribution < 1.29 is 4.42 Å². The Labute approximate surface area is 269 Å². The molecule has 1 aromatic heterocycles. The van der Waals surface area contributed by atoms with E-state index >= 15 is 0 Å². The lowest BCUT2D eigenvalue weighted by Gasteiger charge is -2.33. The Morgan fingerprint density at radius 2 is 1.24 bits per heavy atom. The van der Waals surface area contributed by atoms with Crippen LogP contribution in [0.5, 0.6) is 0 Å². The van der Waals surface area contributed by atoms with Crippen molar-refractivity contribution in [3.63, 3.8) is 0 Å². The van der Waals surface area contributed by atoms with Gasteiger partial charge in [0.2, 0.25) is 0 Å². The van der Waals surface area contributed by atoms with Crippen molar-refractivity contribution >= 4 is 38.9 Å². The molecule has 8 rings (SSSR count). The second-order valence-corrected chi connectivity index (χ2v) is 11.8. The summed E-state index contributed by atoms with van der Waals surface area (Å²) in [5.41, 5.74) is 13.2. The number of benzene rings is 6. The fraction of sp³-hybridized carbons (Fsp3) is 0.0455. The highest BCUT2D eigenvalue weighted by molar-refractivity contribution is 6.07. The first-order valence-corrected chi connectivity index (χ1v) is 15.8. The highest BCUT2D eigenvalue weighted by Crippen LogP contribution is 2.56. The number of furan rings is 1. The molecule has 0 saturated heterocycles. The second kappa shape index (κ2) is 11.3. The monoisotopic (exact) mass is 591 g/mol. The van der Waals surface area contributed by atoms with Crippen molar-refractivity contribution in [2.75, 3.05) is 5.32 Å². The Balaban J connectivity index is 1.24. The smallest absolute Gasteiger partial charge is 0.135 e. The minimum Gasteiger partial charge on any atom is -0.456 e. The zero-order valence-electron chi connectivity index (χ0n) is 25.7. The number of nitrogens with one attached hydrogen (secondary N) is 1. The third kappa shape index (κ3) is 4.34. The predicted octanol–water partition coefficient (Wildman–Crippen LogP) is 11.8. The van der Waals surface area contributed by atoms with Gasteiger partial charge in [0, 0.05) is 22.1 Å². The maximum Gasteiger partial charge on any atom is 0.135 e. The highest BCUT2D eigenvalue weighted by atomic mass is 16.3. The van der Waals surface area contributed by atoms with Crippen LogP contribution in [0.2, 0.25) is 0 Å². The number of anilines is 2. The largest absolute Gasteiger partial charge is 0.456 e.